The second-order valence-electron chi connectivity index (χ2n) is 4.10. The van der Waals surface area contributed by atoms with Crippen LogP contribution >= 0.6 is 0 Å². The summed E-state index contributed by atoms with van der Waals surface area (Å²) in [5.74, 6) is 3.49. The van der Waals surface area contributed by atoms with Crippen LogP contribution in [0.15, 0.2) is 42.9 Å². The molecule has 0 aliphatic heterocycles. The summed E-state index contributed by atoms with van der Waals surface area (Å²) in [5.41, 5.74) is 0. The Hall–Kier alpha value is -0.546. The molecular formula is C14H18Cl2O4Ti. The van der Waals surface area contributed by atoms with Gasteiger partial charge in [-0.25, -0.2) is 0 Å². The maximum atomic E-state index is 5.47. The number of ether oxygens (including phenoxy) is 4. The van der Waals surface area contributed by atoms with Crippen molar-refractivity contribution in [2.75, 3.05) is 28.4 Å². The van der Waals surface area contributed by atoms with E-state index in [0.717, 1.165) is 35.9 Å². The van der Waals surface area contributed by atoms with Crippen molar-refractivity contribution >= 4 is 0 Å². The van der Waals surface area contributed by atoms with E-state index in [0.29, 0.717) is 0 Å². The van der Waals surface area contributed by atoms with Crippen LogP contribution in [0.5, 0.6) is 0 Å². The molecule has 0 bridgehead atoms. The average Bonchev–Trinajstić information content (AvgIpc) is 3.01. The maximum absolute atomic E-state index is 5.47. The molecule has 0 saturated carbocycles. The Labute approximate surface area is 147 Å². The standard InChI is InChI=1S/2C7H9O2.2ClH.Ti/c2*1-8-6-4-3-5-7(6)9-2;;;/h2*4H,3H2,1-2H3;2*1H;/q;;;;+2/p-2. The van der Waals surface area contributed by atoms with E-state index in [1.807, 2.05) is 0 Å². The number of rotatable bonds is 6. The van der Waals surface area contributed by atoms with E-state index in [1.165, 1.54) is 7.76 Å². The first kappa shape index (κ1) is 20.5. The summed E-state index contributed by atoms with van der Waals surface area (Å²) >= 11 is -0.449. The summed E-state index contributed by atoms with van der Waals surface area (Å²) in [7, 11) is 6.74. The Morgan fingerprint density at radius 3 is 1.38 bits per heavy atom. The molecule has 0 saturated heterocycles. The minimum Gasteiger partial charge on any atom is -1.00 e. The molecule has 0 amide bonds. The van der Waals surface area contributed by atoms with Crippen LogP contribution in [0.2, 0.25) is 0 Å². The zero-order valence-corrected chi connectivity index (χ0v) is 15.5. The molecule has 21 heavy (non-hydrogen) atoms. The first-order valence-corrected chi connectivity index (χ1v) is 7.61. The molecule has 2 rings (SSSR count). The molecule has 7 heteroatoms. The van der Waals surface area contributed by atoms with Gasteiger partial charge < -0.3 is 24.8 Å². The van der Waals surface area contributed by atoms with Crippen molar-refractivity contribution in [3.05, 3.63) is 42.9 Å². The van der Waals surface area contributed by atoms with E-state index in [-0.39, 0.29) is 24.8 Å². The van der Waals surface area contributed by atoms with Gasteiger partial charge in [0.15, 0.2) is 0 Å². The molecular weight excluding hydrogens is 351 g/mol. The van der Waals surface area contributed by atoms with Crippen molar-refractivity contribution in [1.82, 2.24) is 0 Å². The number of hydrogen-bond donors (Lipinski definition) is 0. The number of halogens is 2. The third-order valence-corrected chi connectivity index (χ3v) is 5.42. The van der Waals surface area contributed by atoms with Gasteiger partial charge in [0, 0.05) is 0 Å². The van der Waals surface area contributed by atoms with Crippen LogP contribution in [0.25, 0.3) is 0 Å². The fourth-order valence-electron chi connectivity index (χ4n) is 2.26. The SMILES string of the molecule is COC1=CC[C]([Ti+2][C]2=C(OC)C(OC)=CC2)=C1OC.[Cl-].[Cl-]. The van der Waals surface area contributed by atoms with E-state index in [9.17, 15) is 0 Å². The van der Waals surface area contributed by atoms with E-state index in [2.05, 4.69) is 12.2 Å². The molecule has 0 fully saturated rings. The largest absolute Gasteiger partial charge is 1.00 e. The minimum atomic E-state index is -0.449. The molecule has 0 radical (unpaired) electrons. The van der Waals surface area contributed by atoms with Gasteiger partial charge in [-0.3, -0.25) is 0 Å². The van der Waals surface area contributed by atoms with E-state index >= 15 is 0 Å². The molecule has 2 aliphatic rings. The van der Waals surface area contributed by atoms with Gasteiger partial charge in [0.2, 0.25) is 0 Å². The molecule has 0 N–H and O–H groups in total. The van der Waals surface area contributed by atoms with Gasteiger partial charge in [0.25, 0.3) is 0 Å². The molecule has 0 spiro atoms. The minimum absolute atomic E-state index is 0. The van der Waals surface area contributed by atoms with Crippen molar-refractivity contribution in [2.45, 2.75) is 12.8 Å². The molecule has 0 aromatic rings. The molecule has 0 heterocycles. The summed E-state index contributed by atoms with van der Waals surface area (Å²) in [6.07, 6.45) is 5.97. The third-order valence-electron chi connectivity index (χ3n) is 3.13. The Morgan fingerprint density at radius 2 is 1.10 bits per heavy atom. The fourth-order valence-corrected chi connectivity index (χ4v) is 4.52. The van der Waals surface area contributed by atoms with Gasteiger partial charge in [-0.1, -0.05) is 0 Å². The maximum Gasteiger partial charge on any atom is -1.00 e. The second-order valence-corrected chi connectivity index (χ2v) is 6.38. The summed E-state index contributed by atoms with van der Waals surface area (Å²) in [6, 6.07) is 0. The number of hydrogen-bond acceptors (Lipinski definition) is 4. The number of methoxy groups -OCH3 is 4. The van der Waals surface area contributed by atoms with Gasteiger partial charge in [-0.15, -0.1) is 0 Å². The monoisotopic (exact) mass is 368 g/mol. The van der Waals surface area contributed by atoms with Crippen LogP contribution in [0, 0.1) is 0 Å². The molecule has 0 atom stereocenters. The Bertz CT molecular complexity index is 451. The van der Waals surface area contributed by atoms with E-state index in [4.69, 9.17) is 18.9 Å². The molecule has 4 nitrogen and oxygen atoms in total. The van der Waals surface area contributed by atoms with Crippen LogP contribution in [0.3, 0.4) is 0 Å². The van der Waals surface area contributed by atoms with Crippen molar-refractivity contribution in [3.8, 4) is 0 Å². The average molecular weight is 369 g/mol. The smallest absolute Gasteiger partial charge is 1.00 e. The van der Waals surface area contributed by atoms with Gasteiger partial charge in [0.05, 0.1) is 0 Å². The van der Waals surface area contributed by atoms with Crippen molar-refractivity contribution in [3.63, 3.8) is 0 Å². The molecule has 2 aliphatic carbocycles. The van der Waals surface area contributed by atoms with Crippen LogP contribution in [-0.4, -0.2) is 28.4 Å². The molecule has 0 aromatic heterocycles. The first-order valence-electron chi connectivity index (χ1n) is 6.05. The fraction of sp³-hybridized carbons (Fsp3) is 0.429. The summed E-state index contributed by atoms with van der Waals surface area (Å²) in [6.45, 7) is 0. The molecule has 0 aromatic carbocycles. The van der Waals surface area contributed by atoms with Gasteiger partial charge >= 0.3 is 122 Å². The normalized spacial score (nSPS) is 16.4. The quantitative estimate of drug-likeness (QED) is 0.459. The zero-order valence-electron chi connectivity index (χ0n) is 12.5. The Kier molecular flexibility index (Phi) is 9.22. The topological polar surface area (TPSA) is 36.9 Å². The summed E-state index contributed by atoms with van der Waals surface area (Å²) in [4.78, 5) is 0. The summed E-state index contributed by atoms with van der Waals surface area (Å²) < 4.78 is 24.3. The van der Waals surface area contributed by atoms with E-state index in [1.54, 1.807) is 28.4 Å². The predicted molar refractivity (Wildman–Crippen MR) is 67.5 cm³/mol. The van der Waals surface area contributed by atoms with Crippen molar-refractivity contribution in [1.29, 1.82) is 0 Å². The Morgan fingerprint density at radius 1 is 0.714 bits per heavy atom. The molecule has 0 unspecified atom stereocenters. The van der Waals surface area contributed by atoms with Gasteiger partial charge in [-0.05, 0) is 0 Å². The van der Waals surface area contributed by atoms with Crippen LogP contribution in [-0.2, 0) is 38.1 Å². The number of allylic oxidation sites excluding steroid dienone is 4. The third kappa shape index (κ3) is 4.22. The van der Waals surface area contributed by atoms with Crippen LogP contribution < -0.4 is 24.8 Å². The van der Waals surface area contributed by atoms with Gasteiger partial charge in [-0.2, -0.15) is 0 Å². The first-order chi connectivity index (χ1) is 9.24. The van der Waals surface area contributed by atoms with Crippen molar-refractivity contribution < 1.29 is 62.9 Å². The predicted octanol–water partition coefficient (Wildman–Crippen LogP) is -3.34. The summed E-state index contributed by atoms with van der Waals surface area (Å²) in [5, 5.41) is 0. The van der Waals surface area contributed by atoms with Crippen LogP contribution in [0.1, 0.15) is 12.8 Å². The van der Waals surface area contributed by atoms with E-state index < -0.39 is 19.2 Å². The molecule has 116 valence electrons. The second kappa shape index (κ2) is 9.47. The van der Waals surface area contributed by atoms with Crippen molar-refractivity contribution in [2.24, 2.45) is 0 Å². The van der Waals surface area contributed by atoms with Crippen LogP contribution in [0.4, 0.5) is 0 Å². The zero-order chi connectivity index (χ0) is 13.8. The van der Waals surface area contributed by atoms with Gasteiger partial charge in [0.1, 0.15) is 0 Å². The Balaban J connectivity index is 0.00000200.